The molecule has 0 radical (unpaired) electrons. The van der Waals surface area contributed by atoms with Crippen molar-refractivity contribution in [2.24, 2.45) is 0 Å². The summed E-state index contributed by atoms with van der Waals surface area (Å²) in [4.78, 5) is 26.5. The molecule has 0 spiro atoms. The smallest absolute Gasteiger partial charge is 0.272 e. The van der Waals surface area contributed by atoms with Crippen molar-refractivity contribution in [3.05, 3.63) is 53.1 Å². The number of aromatic nitrogens is 2. The molecule has 6 nitrogen and oxygen atoms in total. The molecule has 1 aliphatic heterocycles. The highest BCUT2D eigenvalue weighted by atomic mass is 19.1. The number of benzene rings is 1. The maximum atomic E-state index is 13.3. The van der Waals surface area contributed by atoms with E-state index in [1.54, 1.807) is 21.7 Å². The zero-order chi connectivity index (χ0) is 18.0. The molecule has 7 heteroatoms. The third-order valence-corrected chi connectivity index (χ3v) is 4.35. The topological polar surface area (TPSA) is 67.2 Å². The van der Waals surface area contributed by atoms with E-state index in [0.29, 0.717) is 25.3 Å². The summed E-state index contributed by atoms with van der Waals surface area (Å²) in [5.41, 5.74) is 1.37. The number of amides is 2. The fraction of sp³-hybridized carbons (Fsp3) is 0.389. The minimum Gasteiger partial charge on any atom is -0.348 e. The van der Waals surface area contributed by atoms with Crippen LogP contribution in [0.3, 0.4) is 0 Å². The second kappa shape index (κ2) is 7.04. The highest BCUT2D eigenvalue weighted by Crippen LogP contribution is 2.17. The Hall–Kier alpha value is -2.70. The first-order chi connectivity index (χ1) is 12.0. The summed E-state index contributed by atoms with van der Waals surface area (Å²) >= 11 is 0. The van der Waals surface area contributed by atoms with E-state index >= 15 is 0 Å². The van der Waals surface area contributed by atoms with Gasteiger partial charge in [-0.05, 0) is 31.0 Å². The molecule has 0 bridgehead atoms. The molecule has 1 N–H and O–H groups in total. The highest BCUT2D eigenvalue weighted by Gasteiger charge is 2.28. The van der Waals surface area contributed by atoms with Gasteiger partial charge in [-0.1, -0.05) is 19.1 Å². The highest BCUT2D eigenvalue weighted by molar-refractivity contribution is 5.98. The first-order valence-corrected chi connectivity index (χ1v) is 8.40. The summed E-state index contributed by atoms with van der Waals surface area (Å²) < 4.78 is 14.9. The lowest BCUT2D eigenvalue weighted by Gasteiger charge is -2.27. The Kier molecular flexibility index (Phi) is 4.83. The van der Waals surface area contributed by atoms with E-state index in [1.165, 1.54) is 18.2 Å². The van der Waals surface area contributed by atoms with Gasteiger partial charge in [0.05, 0.1) is 6.54 Å². The average Bonchev–Trinajstić information content (AvgIpc) is 3.02. The molecule has 1 aliphatic rings. The van der Waals surface area contributed by atoms with Crippen LogP contribution >= 0.6 is 0 Å². The summed E-state index contributed by atoms with van der Waals surface area (Å²) in [6, 6.07) is 7.78. The lowest BCUT2D eigenvalue weighted by atomic mass is 10.2. The number of fused-ring (bicyclic) bond motifs is 1. The third kappa shape index (κ3) is 3.70. The van der Waals surface area contributed by atoms with Gasteiger partial charge in [0.25, 0.3) is 11.8 Å². The maximum absolute atomic E-state index is 13.3. The largest absolute Gasteiger partial charge is 0.348 e. The van der Waals surface area contributed by atoms with Gasteiger partial charge in [0.2, 0.25) is 0 Å². The van der Waals surface area contributed by atoms with Crippen molar-refractivity contribution in [3.63, 3.8) is 0 Å². The minimum absolute atomic E-state index is 0.0476. The third-order valence-electron chi connectivity index (χ3n) is 4.35. The van der Waals surface area contributed by atoms with Gasteiger partial charge in [0.15, 0.2) is 5.69 Å². The Balaban J connectivity index is 1.75. The first kappa shape index (κ1) is 17.1. The number of halogens is 1. The predicted molar refractivity (Wildman–Crippen MR) is 90.6 cm³/mol. The summed E-state index contributed by atoms with van der Waals surface area (Å²) in [6.45, 7) is 5.20. The first-order valence-electron chi connectivity index (χ1n) is 8.40. The van der Waals surface area contributed by atoms with Gasteiger partial charge in [-0.15, -0.1) is 0 Å². The molecule has 1 atom stereocenters. The molecular weight excluding hydrogens is 323 g/mol. The van der Waals surface area contributed by atoms with Crippen LogP contribution in [0.15, 0.2) is 30.3 Å². The number of rotatable bonds is 5. The van der Waals surface area contributed by atoms with Gasteiger partial charge in [-0.3, -0.25) is 14.3 Å². The number of carbonyl (C=O) groups is 2. The van der Waals surface area contributed by atoms with Gasteiger partial charge in [0, 0.05) is 25.2 Å². The van der Waals surface area contributed by atoms with Crippen molar-refractivity contribution >= 4 is 11.8 Å². The molecular formula is C18H21FN4O2. The number of hydrogen-bond acceptors (Lipinski definition) is 3. The summed E-state index contributed by atoms with van der Waals surface area (Å²) in [5, 5.41) is 7.09. The number of hydrogen-bond donors (Lipinski definition) is 1. The molecule has 1 unspecified atom stereocenters. The molecule has 1 aromatic heterocycles. The average molecular weight is 344 g/mol. The van der Waals surface area contributed by atoms with Gasteiger partial charge in [-0.25, -0.2) is 4.39 Å². The van der Waals surface area contributed by atoms with Crippen LogP contribution in [0.2, 0.25) is 0 Å². The van der Waals surface area contributed by atoms with Crippen LogP contribution < -0.4 is 5.32 Å². The van der Waals surface area contributed by atoms with Crippen LogP contribution in [0.4, 0.5) is 4.39 Å². The minimum atomic E-state index is -0.323. The standard InChI is InChI=1S/C18H21FN4O2/c1-3-12(2)20-17(24)15-10-16-18(25)22(7-8-23(16)21-15)11-13-5-4-6-14(19)9-13/h4-6,9-10,12H,3,7-8,11H2,1-2H3,(H,20,24). The molecule has 132 valence electrons. The monoisotopic (exact) mass is 344 g/mol. The van der Waals surface area contributed by atoms with Gasteiger partial charge in [0.1, 0.15) is 11.5 Å². The molecule has 2 amide bonds. The number of carbonyl (C=O) groups excluding carboxylic acids is 2. The zero-order valence-corrected chi connectivity index (χ0v) is 14.3. The lowest BCUT2D eigenvalue weighted by Crippen LogP contribution is -2.39. The maximum Gasteiger partial charge on any atom is 0.272 e. The van der Waals surface area contributed by atoms with Crippen molar-refractivity contribution < 1.29 is 14.0 Å². The Bertz CT molecular complexity index is 802. The molecule has 0 saturated heterocycles. The van der Waals surface area contributed by atoms with E-state index in [-0.39, 0.29) is 29.4 Å². The van der Waals surface area contributed by atoms with E-state index in [9.17, 15) is 14.0 Å². The van der Waals surface area contributed by atoms with Crippen LogP contribution in [0.1, 0.15) is 46.8 Å². The van der Waals surface area contributed by atoms with E-state index in [4.69, 9.17) is 0 Å². The molecule has 0 fully saturated rings. The number of nitrogens with zero attached hydrogens (tertiary/aromatic N) is 3. The van der Waals surface area contributed by atoms with Crippen molar-refractivity contribution in [2.45, 2.75) is 39.4 Å². The second-order valence-corrected chi connectivity index (χ2v) is 6.28. The Morgan fingerprint density at radius 1 is 1.36 bits per heavy atom. The van der Waals surface area contributed by atoms with Gasteiger partial charge in [-0.2, -0.15) is 5.10 Å². The Morgan fingerprint density at radius 3 is 2.88 bits per heavy atom. The molecule has 0 aliphatic carbocycles. The van der Waals surface area contributed by atoms with Crippen LogP contribution in [0.25, 0.3) is 0 Å². The van der Waals surface area contributed by atoms with Crippen LogP contribution in [-0.4, -0.2) is 39.1 Å². The van der Waals surface area contributed by atoms with E-state index < -0.39 is 0 Å². The van der Waals surface area contributed by atoms with Crippen molar-refractivity contribution in [1.82, 2.24) is 20.0 Å². The van der Waals surface area contributed by atoms with Crippen molar-refractivity contribution in [3.8, 4) is 0 Å². The molecule has 25 heavy (non-hydrogen) atoms. The van der Waals surface area contributed by atoms with Crippen LogP contribution in [-0.2, 0) is 13.1 Å². The normalized spacial score (nSPS) is 15.0. The van der Waals surface area contributed by atoms with Crippen LogP contribution in [0, 0.1) is 5.82 Å². The predicted octanol–water partition coefficient (Wildman–Crippen LogP) is 2.21. The summed E-state index contributed by atoms with van der Waals surface area (Å²) in [6.07, 6.45) is 0.819. The summed E-state index contributed by atoms with van der Waals surface area (Å²) in [7, 11) is 0. The number of nitrogens with one attached hydrogen (secondary N) is 1. The van der Waals surface area contributed by atoms with Crippen LogP contribution in [0.5, 0.6) is 0 Å². The molecule has 2 heterocycles. The molecule has 2 aromatic rings. The molecule has 0 saturated carbocycles. The summed E-state index contributed by atoms with van der Waals surface area (Å²) in [5.74, 6) is -0.803. The fourth-order valence-corrected chi connectivity index (χ4v) is 2.76. The fourth-order valence-electron chi connectivity index (χ4n) is 2.76. The van der Waals surface area contributed by atoms with Gasteiger partial charge >= 0.3 is 0 Å². The molecule has 1 aromatic carbocycles. The lowest BCUT2D eigenvalue weighted by molar-refractivity contribution is 0.0682. The van der Waals surface area contributed by atoms with E-state index in [1.807, 2.05) is 13.8 Å². The SMILES string of the molecule is CCC(C)NC(=O)c1cc2n(n1)CCN(Cc1cccc(F)c1)C2=O. The van der Waals surface area contributed by atoms with E-state index in [2.05, 4.69) is 10.4 Å². The van der Waals surface area contributed by atoms with E-state index in [0.717, 1.165) is 12.0 Å². The van der Waals surface area contributed by atoms with Crippen molar-refractivity contribution in [2.75, 3.05) is 6.54 Å². The zero-order valence-electron chi connectivity index (χ0n) is 14.3. The van der Waals surface area contributed by atoms with Gasteiger partial charge < -0.3 is 10.2 Å². The molecule has 3 rings (SSSR count). The quantitative estimate of drug-likeness (QED) is 0.904. The second-order valence-electron chi connectivity index (χ2n) is 6.28. The Morgan fingerprint density at radius 2 is 2.16 bits per heavy atom. The Labute approximate surface area is 145 Å². The van der Waals surface area contributed by atoms with Crippen molar-refractivity contribution in [1.29, 1.82) is 0 Å².